The highest BCUT2D eigenvalue weighted by atomic mass is 14.8. The molecular weight excluding hydrogens is 148 g/mol. The van der Waals surface area contributed by atoms with Gasteiger partial charge in [-0.25, -0.2) is 0 Å². The van der Waals surface area contributed by atoms with Crippen LogP contribution in [0.4, 0.5) is 0 Å². The average molecular weight is 158 g/mol. The molecule has 2 aromatic rings. The summed E-state index contributed by atoms with van der Waals surface area (Å²) in [6.45, 7) is 3.97. The van der Waals surface area contributed by atoms with Gasteiger partial charge in [-0.3, -0.25) is 9.97 Å². The van der Waals surface area contributed by atoms with Gasteiger partial charge in [-0.2, -0.15) is 0 Å². The van der Waals surface area contributed by atoms with E-state index in [2.05, 4.69) is 9.97 Å². The third kappa shape index (κ3) is 1.16. The van der Waals surface area contributed by atoms with Crippen LogP contribution in [0.15, 0.2) is 24.3 Å². The van der Waals surface area contributed by atoms with Crippen LogP contribution >= 0.6 is 0 Å². The summed E-state index contributed by atoms with van der Waals surface area (Å²) in [5.74, 6) is 0. The highest BCUT2D eigenvalue weighted by molar-refractivity contribution is 5.74. The summed E-state index contributed by atoms with van der Waals surface area (Å²) >= 11 is 0. The second kappa shape index (κ2) is 2.55. The molecule has 0 aliphatic rings. The molecule has 0 saturated heterocycles. The molecule has 0 fully saturated rings. The van der Waals surface area contributed by atoms with Gasteiger partial charge in [-0.1, -0.05) is 0 Å². The molecule has 0 aliphatic carbocycles. The van der Waals surface area contributed by atoms with Crippen molar-refractivity contribution in [3.05, 3.63) is 35.7 Å². The number of fused-ring (bicyclic) bond motifs is 1. The Hall–Kier alpha value is -1.44. The topological polar surface area (TPSA) is 25.8 Å². The number of aromatic nitrogens is 2. The first kappa shape index (κ1) is 7.22. The van der Waals surface area contributed by atoms with Gasteiger partial charge in [0.25, 0.3) is 0 Å². The van der Waals surface area contributed by atoms with E-state index in [0.29, 0.717) is 0 Å². The highest BCUT2D eigenvalue weighted by Gasteiger charge is 1.95. The van der Waals surface area contributed by atoms with Crippen molar-refractivity contribution in [2.75, 3.05) is 0 Å². The molecule has 0 radical (unpaired) electrons. The second-order valence-electron chi connectivity index (χ2n) is 2.94. The van der Waals surface area contributed by atoms with Crippen LogP contribution < -0.4 is 0 Å². The minimum absolute atomic E-state index is 0.973. The van der Waals surface area contributed by atoms with Gasteiger partial charge in [0.15, 0.2) is 0 Å². The Kier molecular flexibility index (Phi) is 1.54. The van der Waals surface area contributed by atoms with Gasteiger partial charge in [-0.05, 0) is 38.1 Å². The Bertz CT molecular complexity index is 380. The average Bonchev–Trinajstić information content (AvgIpc) is 2.05. The lowest BCUT2D eigenvalue weighted by Gasteiger charge is -1.98. The summed E-state index contributed by atoms with van der Waals surface area (Å²) in [5, 5.41) is 0. The van der Waals surface area contributed by atoms with Crippen molar-refractivity contribution < 1.29 is 0 Å². The number of rotatable bonds is 0. The van der Waals surface area contributed by atoms with Crippen LogP contribution in [0.2, 0.25) is 0 Å². The van der Waals surface area contributed by atoms with E-state index >= 15 is 0 Å². The molecule has 0 amide bonds. The molecule has 2 nitrogen and oxygen atoms in total. The summed E-state index contributed by atoms with van der Waals surface area (Å²) in [5.41, 5.74) is 4.02. The molecule has 2 heterocycles. The fourth-order valence-corrected chi connectivity index (χ4v) is 1.21. The van der Waals surface area contributed by atoms with Crippen LogP contribution in [0, 0.1) is 13.8 Å². The van der Waals surface area contributed by atoms with E-state index in [1.54, 1.807) is 0 Å². The quantitative estimate of drug-likeness (QED) is 0.587. The first-order chi connectivity index (χ1) is 5.75. The zero-order valence-corrected chi connectivity index (χ0v) is 7.20. The van der Waals surface area contributed by atoms with E-state index in [1.807, 2.05) is 38.1 Å². The van der Waals surface area contributed by atoms with Crippen LogP contribution in [0.3, 0.4) is 0 Å². The van der Waals surface area contributed by atoms with Gasteiger partial charge < -0.3 is 0 Å². The summed E-state index contributed by atoms with van der Waals surface area (Å²) in [6.07, 6.45) is 0. The number of pyridine rings is 2. The van der Waals surface area contributed by atoms with E-state index in [1.165, 1.54) is 0 Å². The van der Waals surface area contributed by atoms with E-state index in [0.717, 1.165) is 22.4 Å². The fourth-order valence-electron chi connectivity index (χ4n) is 1.21. The SMILES string of the molecule is Cc1ccc2nc(C)ccc2n1. The Labute approximate surface area is 71.3 Å². The number of aryl methyl sites for hydroxylation is 2. The number of hydrogen-bond acceptors (Lipinski definition) is 2. The third-order valence-electron chi connectivity index (χ3n) is 1.82. The van der Waals surface area contributed by atoms with Crippen molar-refractivity contribution in [1.82, 2.24) is 9.97 Å². The Morgan fingerprint density at radius 1 is 0.750 bits per heavy atom. The molecule has 12 heavy (non-hydrogen) atoms. The van der Waals surface area contributed by atoms with Crippen LogP contribution in [-0.4, -0.2) is 9.97 Å². The Morgan fingerprint density at radius 3 is 1.58 bits per heavy atom. The van der Waals surface area contributed by atoms with Crippen molar-refractivity contribution in [1.29, 1.82) is 0 Å². The van der Waals surface area contributed by atoms with Crippen LogP contribution in [0.5, 0.6) is 0 Å². The fraction of sp³-hybridized carbons (Fsp3) is 0.200. The molecule has 0 aromatic carbocycles. The van der Waals surface area contributed by atoms with Gasteiger partial charge in [0.05, 0.1) is 11.0 Å². The largest absolute Gasteiger partial charge is 0.251 e. The lowest BCUT2D eigenvalue weighted by atomic mass is 10.2. The minimum atomic E-state index is 0.973. The normalized spacial score (nSPS) is 10.5. The zero-order valence-electron chi connectivity index (χ0n) is 7.20. The summed E-state index contributed by atoms with van der Waals surface area (Å²) < 4.78 is 0. The molecule has 0 bridgehead atoms. The lowest BCUT2D eigenvalue weighted by molar-refractivity contribution is 1.20. The standard InChI is InChI=1S/C10H10N2/c1-7-3-5-10-9(11-7)6-4-8(2)12-10/h3-6H,1-2H3. The number of nitrogens with zero attached hydrogens (tertiary/aromatic N) is 2. The summed E-state index contributed by atoms with van der Waals surface area (Å²) in [7, 11) is 0. The van der Waals surface area contributed by atoms with Crippen molar-refractivity contribution in [2.45, 2.75) is 13.8 Å². The second-order valence-corrected chi connectivity index (χ2v) is 2.94. The third-order valence-corrected chi connectivity index (χ3v) is 1.82. The molecule has 2 heteroatoms. The van der Waals surface area contributed by atoms with Crippen molar-refractivity contribution >= 4 is 11.0 Å². The first-order valence-electron chi connectivity index (χ1n) is 3.97. The predicted octanol–water partition coefficient (Wildman–Crippen LogP) is 2.25. The Morgan fingerprint density at radius 2 is 1.17 bits per heavy atom. The summed E-state index contributed by atoms with van der Waals surface area (Å²) in [4.78, 5) is 8.71. The first-order valence-corrected chi connectivity index (χ1v) is 3.97. The van der Waals surface area contributed by atoms with E-state index in [9.17, 15) is 0 Å². The maximum absolute atomic E-state index is 4.35. The smallest absolute Gasteiger partial charge is 0.0890 e. The monoisotopic (exact) mass is 158 g/mol. The maximum atomic E-state index is 4.35. The predicted molar refractivity (Wildman–Crippen MR) is 49.0 cm³/mol. The van der Waals surface area contributed by atoms with Crippen LogP contribution in [0.25, 0.3) is 11.0 Å². The van der Waals surface area contributed by atoms with Gasteiger partial charge in [0.1, 0.15) is 0 Å². The maximum Gasteiger partial charge on any atom is 0.0890 e. The van der Waals surface area contributed by atoms with Crippen molar-refractivity contribution in [2.24, 2.45) is 0 Å². The van der Waals surface area contributed by atoms with Crippen molar-refractivity contribution in [3.63, 3.8) is 0 Å². The van der Waals surface area contributed by atoms with Crippen molar-refractivity contribution in [3.8, 4) is 0 Å². The Balaban J connectivity index is 2.79. The summed E-state index contributed by atoms with van der Waals surface area (Å²) in [6, 6.07) is 7.97. The van der Waals surface area contributed by atoms with Gasteiger partial charge >= 0.3 is 0 Å². The lowest BCUT2D eigenvalue weighted by Crippen LogP contribution is -1.87. The molecule has 0 aliphatic heterocycles. The molecule has 0 spiro atoms. The number of hydrogen-bond donors (Lipinski definition) is 0. The minimum Gasteiger partial charge on any atom is -0.251 e. The van der Waals surface area contributed by atoms with Gasteiger partial charge in [-0.15, -0.1) is 0 Å². The highest BCUT2D eigenvalue weighted by Crippen LogP contribution is 2.09. The van der Waals surface area contributed by atoms with E-state index in [4.69, 9.17) is 0 Å². The molecule has 0 N–H and O–H groups in total. The van der Waals surface area contributed by atoms with E-state index in [-0.39, 0.29) is 0 Å². The van der Waals surface area contributed by atoms with Crippen LogP contribution in [0.1, 0.15) is 11.4 Å². The molecule has 0 atom stereocenters. The van der Waals surface area contributed by atoms with Gasteiger partial charge in [0.2, 0.25) is 0 Å². The molecule has 60 valence electrons. The van der Waals surface area contributed by atoms with Crippen LogP contribution in [-0.2, 0) is 0 Å². The van der Waals surface area contributed by atoms with Gasteiger partial charge in [0, 0.05) is 11.4 Å². The molecular formula is C10H10N2. The van der Waals surface area contributed by atoms with E-state index < -0.39 is 0 Å². The zero-order chi connectivity index (χ0) is 8.55. The molecule has 0 unspecified atom stereocenters. The molecule has 2 rings (SSSR count). The molecule has 2 aromatic heterocycles. The molecule has 0 saturated carbocycles.